The summed E-state index contributed by atoms with van der Waals surface area (Å²) in [5.74, 6) is -4.21. The number of carbonyl (C=O) groups is 1. The molecular weight excluding hydrogens is 435 g/mol. The van der Waals surface area contributed by atoms with Gasteiger partial charge in [-0.2, -0.15) is 13.2 Å². The van der Waals surface area contributed by atoms with E-state index >= 15 is 0 Å². The Balaban J connectivity index is 1.74. The Morgan fingerprint density at radius 3 is 2.55 bits per heavy atom. The highest BCUT2D eigenvalue weighted by Crippen LogP contribution is 2.60. The lowest BCUT2D eigenvalue weighted by Gasteiger charge is -2.10. The second-order valence-electron chi connectivity index (χ2n) is 7.31. The molecule has 1 aliphatic carbocycles. The number of benzene rings is 1. The van der Waals surface area contributed by atoms with Crippen molar-refractivity contribution in [3.63, 3.8) is 0 Å². The highest BCUT2D eigenvalue weighted by atomic mass is 35.5. The van der Waals surface area contributed by atoms with Crippen molar-refractivity contribution < 1.29 is 31.5 Å². The van der Waals surface area contributed by atoms with E-state index in [-0.39, 0.29) is 5.56 Å². The molecule has 2 atom stereocenters. The molecular formula is C20H16ClF5O2S. The molecule has 0 amide bonds. The van der Waals surface area contributed by atoms with Gasteiger partial charge in [-0.25, -0.2) is 8.78 Å². The van der Waals surface area contributed by atoms with Crippen molar-refractivity contribution in [2.24, 2.45) is 17.3 Å². The van der Waals surface area contributed by atoms with Crippen LogP contribution in [-0.4, -0.2) is 12.1 Å². The largest absolute Gasteiger partial charge is 0.460 e. The van der Waals surface area contributed by atoms with E-state index in [0.717, 1.165) is 12.1 Å². The van der Waals surface area contributed by atoms with E-state index in [0.29, 0.717) is 4.88 Å². The fourth-order valence-corrected chi connectivity index (χ4v) is 4.16. The van der Waals surface area contributed by atoms with E-state index in [1.165, 1.54) is 17.4 Å². The van der Waals surface area contributed by atoms with Gasteiger partial charge < -0.3 is 4.74 Å². The van der Waals surface area contributed by atoms with Crippen molar-refractivity contribution in [1.29, 1.82) is 0 Å². The maximum atomic E-state index is 14.7. The van der Waals surface area contributed by atoms with Crippen molar-refractivity contribution in [2.75, 3.05) is 0 Å². The number of halogens is 6. The first-order valence-electron chi connectivity index (χ1n) is 8.56. The van der Waals surface area contributed by atoms with Crippen LogP contribution in [0, 0.1) is 28.9 Å². The maximum Gasteiger partial charge on any atom is 0.426 e. The molecule has 1 aromatic heterocycles. The Morgan fingerprint density at radius 1 is 1.28 bits per heavy atom. The lowest BCUT2D eigenvalue weighted by molar-refractivity contribution is -0.147. The molecule has 1 fully saturated rings. The van der Waals surface area contributed by atoms with Crippen molar-refractivity contribution >= 4 is 28.9 Å². The Labute approximate surface area is 172 Å². The molecule has 9 heteroatoms. The van der Waals surface area contributed by atoms with E-state index in [1.54, 1.807) is 31.4 Å². The average Bonchev–Trinajstić information content (AvgIpc) is 2.98. The molecule has 3 rings (SSSR count). The Morgan fingerprint density at radius 2 is 1.97 bits per heavy atom. The molecule has 1 heterocycles. The monoisotopic (exact) mass is 450 g/mol. The molecule has 0 bridgehead atoms. The van der Waals surface area contributed by atoms with Gasteiger partial charge in [0.25, 0.3) is 0 Å². The highest BCUT2D eigenvalue weighted by molar-refractivity contribution is 7.13. The topological polar surface area (TPSA) is 26.3 Å². The van der Waals surface area contributed by atoms with Crippen LogP contribution in [0.5, 0.6) is 0 Å². The summed E-state index contributed by atoms with van der Waals surface area (Å²) < 4.78 is 71.8. The standard InChI is InChI=1S/C20H16ClF5O2S/c1-19(2)12(8-15(21)20(24,25)26)16(19)18(27)28-9-11-13(22)6-5-10(17(11)23)14-4-3-7-29-14/h3-8,12,16H,9H2,1-2H3. The van der Waals surface area contributed by atoms with Gasteiger partial charge in [-0.05, 0) is 34.9 Å². The van der Waals surface area contributed by atoms with Gasteiger partial charge in [0.15, 0.2) is 0 Å². The summed E-state index contributed by atoms with van der Waals surface area (Å²) in [6, 6.07) is 5.77. The Kier molecular flexibility index (Phi) is 5.80. The molecule has 0 saturated heterocycles. The Hall–Kier alpha value is -1.93. The van der Waals surface area contributed by atoms with Crippen molar-refractivity contribution in [3.8, 4) is 10.4 Å². The van der Waals surface area contributed by atoms with Crippen LogP contribution in [0.25, 0.3) is 10.4 Å². The van der Waals surface area contributed by atoms with E-state index in [9.17, 15) is 26.7 Å². The smallest absolute Gasteiger partial charge is 0.426 e. The minimum Gasteiger partial charge on any atom is -0.460 e. The second kappa shape index (κ2) is 7.72. The molecule has 1 aromatic carbocycles. The predicted molar refractivity (Wildman–Crippen MR) is 100 cm³/mol. The van der Waals surface area contributed by atoms with Crippen LogP contribution < -0.4 is 0 Å². The minimum atomic E-state index is -4.71. The van der Waals surface area contributed by atoms with Crippen molar-refractivity contribution in [1.82, 2.24) is 0 Å². The van der Waals surface area contributed by atoms with Crippen LogP contribution in [0.1, 0.15) is 19.4 Å². The average molecular weight is 451 g/mol. The van der Waals surface area contributed by atoms with Crippen molar-refractivity contribution in [2.45, 2.75) is 26.6 Å². The molecule has 0 spiro atoms. The van der Waals surface area contributed by atoms with E-state index in [1.807, 2.05) is 0 Å². The fraction of sp³-hybridized carbons (Fsp3) is 0.350. The third kappa shape index (κ3) is 4.33. The quantitative estimate of drug-likeness (QED) is 0.374. The van der Waals surface area contributed by atoms with E-state index in [4.69, 9.17) is 16.3 Å². The number of hydrogen-bond acceptors (Lipinski definition) is 3. The summed E-state index contributed by atoms with van der Waals surface area (Å²) in [6.45, 7) is 2.53. The van der Waals surface area contributed by atoms with Gasteiger partial charge in [-0.3, -0.25) is 4.79 Å². The summed E-state index contributed by atoms with van der Waals surface area (Å²) in [5.41, 5.74) is -1.04. The van der Waals surface area contributed by atoms with Gasteiger partial charge in [-0.15, -0.1) is 11.3 Å². The number of hydrogen-bond donors (Lipinski definition) is 0. The molecule has 1 aliphatic rings. The zero-order valence-corrected chi connectivity index (χ0v) is 16.9. The normalized spacial score (nSPS) is 21.2. The highest BCUT2D eigenvalue weighted by Gasteiger charge is 2.62. The van der Waals surface area contributed by atoms with Gasteiger partial charge in [0, 0.05) is 10.4 Å². The van der Waals surface area contributed by atoms with Gasteiger partial charge in [-0.1, -0.05) is 37.6 Å². The molecule has 2 nitrogen and oxygen atoms in total. The molecule has 1 saturated carbocycles. The van der Waals surface area contributed by atoms with Gasteiger partial charge in [0.05, 0.1) is 11.5 Å². The molecule has 0 aliphatic heterocycles. The maximum absolute atomic E-state index is 14.7. The molecule has 0 N–H and O–H groups in total. The van der Waals surface area contributed by atoms with E-state index in [2.05, 4.69) is 0 Å². The van der Waals surface area contributed by atoms with Crippen LogP contribution >= 0.6 is 22.9 Å². The summed E-state index contributed by atoms with van der Waals surface area (Å²) >= 11 is 6.53. The first-order valence-corrected chi connectivity index (χ1v) is 9.82. The number of thiophene rings is 1. The molecule has 29 heavy (non-hydrogen) atoms. The number of esters is 1. The first kappa shape index (κ1) is 21.8. The summed E-state index contributed by atoms with van der Waals surface area (Å²) in [4.78, 5) is 12.9. The predicted octanol–water partition coefficient (Wildman–Crippen LogP) is 6.69. The summed E-state index contributed by atoms with van der Waals surface area (Å²) in [6.07, 6.45) is -3.92. The lowest BCUT2D eigenvalue weighted by Crippen LogP contribution is -2.12. The summed E-state index contributed by atoms with van der Waals surface area (Å²) in [7, 11) is 0. The third-order valence-corrected chi connectivity index (χ3v) is 6.34. The first-order chi connectivity index (χ1) is 13.4. The molecule has 156 valence electrons. The van der Waals surface area contributed by atoms with Crippen molar-refractivity contribution in [3.05, 3.63) is 58.0 Å². The summed E-state index contributed by atoms with van der Waals surface area (Å²) in [5, 5.41) is 0.429. The molecule has 2 unspecified atom stereocenters. The minimum absolute atomic E-state index is 0.178. The zero-order chi connectivity index (χ0) is 21.6. The van der Waals surface area contributed by atoms with Crippen LogP contribution in [-0.2, 0) is 16.1 Å². The Bertz CT molecular complexity index is 951. The molecule has 2 aromatic rings. The number of alkyl halides is 3. The van der Waals surface area contributed by atoms with Crippen LogP contribution in [0.15, 0.2) is 40.8 Å². The van der Waals surface area contributed by atoms with Gasteiger partial charge in [0.1, 0.15) is 23.3 Å². The second-order valence-corrected chi connectivity index (χ2v) is 8.66. The zero-order valence-electron chi connectivity index (χ0n) is 15.3. The lowest BCUT2D eigenvalue weighted by atomic mass is 10.1. The fourth-order valence-electron chi connectivity index (χ4n) is 3.28. The SMILES string of the molecule is CC1(C)C(C=C(Cl)C(F)(F)F)C1C(=O)OCc1c(F)ccc(-c2cccs2)c1F. The number of carbonyl (C=O) groups excluding carboxylic acids is 1. The van der Waals surface area contributed by atoms with Crippen LogP contribution in [0.3, 0.4) is 0 Å². The van der Waals surface area contributed by atoms with Crippen LogP contribution in [0.4, 0.5) is 22.0 Å². The molecule has 0 radical (unpaired) electrons. The van der Waals surface area contributed by atoms with E-state index < -0.39 is 58.2 Å². The number of ether oxygens (including phenoxy) is 1. The van der Waals surface area contributed by atoms with Gasteiger partial charge in [0.2, 0.25) is 0 Å². The van der Waals surface area contributed by atoms with Crippen LogP contribution in [0.2, 0.25) is 0 Å². The van der Waals surface area contributed by atoms with Gasteiger partial charge >= 0.3 is 12.1 Å². The number of rotatable bonds is 5. The number of allylic oxidation sites excluding steroid dienone is 2. The third-order valence-electron chi connectivity index (χ3n) is 5.09.